The van der Waals surface area contributed by atoms with Gasteiger partial charge < -0.3 is 20.5 Å². The van der Waals surface area contributed by atoms with Crippen LogP contribution in [-0.2, 0) is 36.8 Å². The fourth-order valence-electron chi connectivity index (χ4n) is 2.75. The number of hydrogen-bond donors (Lipinski definition) is 3. The van der Waals surface area contributed by atoms with E-state index in [1.165, 1.54) is 6.92 Å². The van der Waals surface area contributed by atoms with E-state index in [-0.39, 0.29) is 30.6 Å². The molecule has 0 spiro atoms. The Bertz CT molecular complexity index is 957. The molecule has 0 radical (unpaired) electrons. The maximum atomic E-state index is 11.8. The Kier molecular flexibility index (Phi) is 12.8. The van der Waals surface area contributed by atoms with Gasteiger partial charge >= 0.3 is 11.9 Å². The lowest BCUT2D eigenvalue weighted by Gasteiger charge is -2.14. The van der Waals surface area contributed by atoms with E-state index in [2.05, 4.69) is 10.6 Å². The van der Waals surface area contributed by atoms with Crippen LogP contribution in [0.15, 0.2) is 54.6 Å². The third-order valence-corrected chi connectivity index (χ3v) is 4.73. The standard InChI is InChI=1S/C16H23NO3.C11H13NO3/c1-11(2)10-20-16(19)13(4)17-15(18)9-14-7-5-12(3)6-8-14;1-8(11(14)15)12-10(13)7-9-5-3-2-4-6-9/h5-8,11,13H,9-10H2,1-4H3,(H,17,18);2-6,8H,7H2,1H3,(H,12,13)(H,14,15). The van der Waals surface area contributed by atoms with E-state index < -0.39 is 24.0 Å². The number of carboxylic acids is 1. The molecule has 0 saturated heterocycles. The lowest BCUT2D eigenvalue weighted by atomic mass is 10.1. The van der Waals surface area contributed by atoms with Crippen LogP contribution in [0.25, 0.3) is 0 Å². The summed E-state index contributed by atoms with van der Waals surface area (Å²) in [6.07, 6.45) is 0.473. The zero-order valence-corrected chi connectivity index (χ0v) is 21.0. The van der Waals surface area contributed by atoms with Crippen molar-refractivity contribution in [1.82, 2.24) is 10.6 Å². The first-order valence-corrected chi connectivity index (χ1v) is 11.6. The second kappa shape index (κ2) is 15.3. The fourth-order valence-corrected chi connectivity index (χ4v) is 2.75. The smallest absolute Gasteiger partial charge is 0.328 e. The summed E-state index contributed by atoms with van der Waals surface area (Å²) >= 11 is 0. The van der Waals surface area contributed by atoms with Gasteiger partial charge in [-0.15, -0.1) is 0 Å². The summed E-state index contributed by atoms with van der Waals surface area (Å²) in [6.45, 7) is 9.37. The number of carbonyl (C=O) groups excluding carboxylic acids is 3. The van der Waals surface area contributed by atoms with Crippen LogP contribution in [0.5, 0.6) is 0 Å². The Balaban J connectivity index is 0.000000365. The first-order valence-electron chi connectivity index (χ1n) is 11.6. The van der Waals surface area contributed by atoms with Crippen LogP contribution in [0.1, 0.15) is 44.4 Å². The molecule has 2 rings (SSSR count). The Hall–Kier alpha value is -3.68. The molecule has 35 heavy (non-hydrogen) atoms. The predicted molar refractivity (Wildman–Crippen MR) is 134 cm³/mol. The topological polar surface area (TPSA) is 122 Å². The average molecular weight is 485 g/mol. The summed E-state index contributed by atoms with van der Waals surface area (Å²) in [5, 5.41) is 13.6. The van der Waals surface area contributed by atoms with Gasteiger partial charge in [-0.05, 0) is 37.8 Å². The van der Waals surface area contributed by atoms with Gasteiger partial charge in [0.15, 0.2) is 0 Å². The maximum Gasteiger partial charge on any atom is 0.328 e. The number of carbonyl (C=O) groups is 4. The van der Waals surface area contributed by atoms with E-state index in [0.29, 0.717) is 6.61 Å². The van der Waals surface area contributed by atoms with Crippen molar-refractivity contribution in [2.75, 3.05) is 6.61 Å². The minimum atomic E-state index is -1.03. The van der Waals surface area contributed by atoms with Crippen LogP contribution in [0, 0.1) is 12.8 Å². The number of rotatable bonds is 10. The molecule has 0 fully saturated rings. The predicted octanol–water partition coefficient (Wildman–Crippen LogP) is 3.06. The van der Waals surface area contributed by atoms with Crippen LogP contribution in [-0.4, -0.2) is 47.6 Å². The Morgan fingerprint density at radius 1 is 0.771 bits per heavy atom. The van der Waals surface area contributed by atoms with E-state index in [0.717, 1.165) is 16.7 Å². The molecular formula is C27H36N2O6. The molecule has 0 aromatic heterocycles. The van der Waals surface area contributed by atoms with Crippen molar-refractivity contribution >= 4 is 23.8 Å². The molecule has 2 amide bonds. The van der Waals surface area contributed by atoms with E-state index in [4.69, 9.17) is 9.84 Å². The Morgan fingerprint density at radius 3 is 1.74 bits per heavy atom. The van der Waals surface area contributed by atoms with Crippen LogP contribution < -0.4 is 10.6 Å². The molecule has 0 bridgehead atoms. The van der Waals surface area contributed by atoms with Crippen molar-refractivity contribution in [1.29, 1.82) is 0 Å². The van der Waals surface area contributed by atoms with Crippen molar-refractivity contribution < 1.29 is 29.0 Å². The number of carboxylic acid groups (broad SMARTS) is 1. The number of aryl methyl sites for hydroxylation is 1. The van der Waals surface area contributed by atoms with Gasteiger partial charge in [-0.3, -0.25) is 14.4 Å². The third-order valence-electron chi connectivity index (χ3n) is 4.73. The minimum Gasteiger partial charge on any atom is -0.480 e. The van der Waals surface area contributed by atoms with Crippen molar-refractivity contribution in [2.24, 2.45) is 5.92 Å². The van der Waals surface area contributed by atoms with Crippen LogP contribution in [0.4, 0.5) is 0 Å². The summed E-state index contributed by atoms with van der Waals surface area (Å²) < 4.78 is 5.08. The maximum absolute atomic E-state index is 11.8. The first-order chi connectivity index (χ1) is 16.5. The summed E-state index contributed by atoms with van der Waals surface area (Å²) in [5.74, 6) is -1.60. The normalized spacial score (nSPS) is 11.9. The molecule has 3 N–H and O–H groups in total. The van der Waals surface area contributed by atoms with Gasteiger partial charge in [0.05, 0.1) is 19.4 Å². The summed E-state index contributed by atoms with van der Waals surface area (Å²) in [5.41, 5.74) is 2.95. The first kappa shape index (κ1) is 29.4. The van der Waals surface area contributed by atoms with E-state index in [9.17, 15) is 19.2 Å². The van der Waals surface area contributed by atoms with Crippen molar-refractivity contribution in [3.05, 3.63) is 71.3 Å². The molecule has 2 unspecified atom stereocenters. The van der Waals surface area contributed by atoms with Gasteiger partial charge in [-0.1, -0.05) is 74.0 Å². The summed E-state index contributed by atoms with van der Waals surface area (Å²) in [4.78, 5) is 45.3. The van der Waals surface area contributed by atoms with Gasteiger partial charge in [0, 0.05) is 0 Å². The molecule has 190 valence electrons. The number of benzene rings is 2. The van der Waals surface area contributed by atoms with Gasteiger partial charge in [-0.25, -0.2) is 4.79 Å². The second-order valence-electron chi connectivity index (χ2n) is 8.77. The fraction of sp³-hybridized carbons (Fsp3) is 0.407. The monoisotopic (exact) mass is 484 g/mol. The minimum absolute atomic E-state index is 0.178. The number of nitrogens with one attached hydrogen (secondary N) is 2. The molecular weight excluding hydrogens is 448 g/mol. The highest BCUT2D eigenvalue weighted by atomic mass is 16.5. The van der Waals surface area contributed by atoms with Gasteiger partial charge in [0.2, 0.25) is 11.8 Å². The molecule has 8 nitrogen and oxygen atoms in total. The average Bonchev–Trinajstić information content (AvgIpc) is 2.79. The number of amides is 2. The SMILES string of the molecule is CC(NC(=O)Cc1ccccc1)C(=O)O.Cc1ccc(CC(=O)NC(C)C(=O)OCC(C)C)cc1. The van der Waals surface area contributed by atoms with Crippen molar-refractivity contribution in [3.8, 4) is 0 Å². The molecule has 0 aliphatic rings. The number of esters is 1. The Morgan fingerprint density at radius 2 is 1.26 bits per heavy atom. The largest absolute Gasteiger partial charge is 0.480 e. The number of hydrogen-bond acceptors (Lipinski definition) is 5. The molecule has 8 heteroatoms. The van der Waals surface area contributed by atoms with E-state index in [1.807, 2.05) is 75.4 Å². The lowest BCUT2D eigenvalue weighted by molar-refractivity contribution is -0.148. The van der Waals surface area contributed by atoms with Crippen molar-refractivity contribution in [3.63, 3.8) is 0 Å². The van der Waals surface area contributed by atoms with Crippen molar-refractivity contribution in [2.45, 2.75) is 59.5 Å². The third kappa shape index (κ3) is 13.0. The summed E-state index contributed by atoms with van der Waals surface area (Å²) in [7, 11) is 0. The molecule has 2 aromatic rings. The van der Waals surface area contributed by atoms with Gasteiger partial charge in [0.1, 0.15) is 12.1 Å². The van der Waals surface area contributed by atoms with Crippen LogP contribution in [0.2, 0.25) is 0 Å². The number of aliphatic carboxylic acids is 1. The second-order valence-corrected chi connectivity index (χ2v) is 8.77. The van der Waals surface area contributed by atoms with Crippen LogP contribution in [0.3, 0.4) is 0 Å². The van der Waals surface area contributed by atoms with E-state index in [1.54, 1.807) is 6.92 Å². The lowest BCUT2D eigenvalue weighted by Crippen LogP contribution is -2.40. The highest BCUT2D eigenvalue weighted by Gasteiger charge is 2.17. The quantitative estimate of drug-likeness (QED) is 0.446. The molecule has 2 aromatic carbocycles. The molecule has 0 heterocycles. The van der Waals surface area contributed by atoms with Crippen LogP contribution >= 0.6 is 0 Å². The van der Waals surface area contributed by atoms with Gasteiger partial charge in [-0.2, -0.15) is 0 Å². The zero-order valence-electron chi connectivity index (χ0n) is 21.0. The highest BCUT2D eigenvalue weighted by molar-refractivity contribution is 5.85. The zero-order chi connectivity index (χ0) is 26.4. The summed E-state index contributed by atoms with van der Waals surface area (Å²) in [6, 6.07) is 15.5. The number of ether oxygens (including phenoxy) is 1. The Labute approximate surface area is 207 Å². The van der Waals surface area contributed by atoms with Gasteiger partial charge in [0.25, 0.3) is 0 Å². The molecule has 0 aliphatic heterocycles. The molecule has 0 aliphatic carbocycles. The highest BCUT2D eigenvalue weighted by Crippen LogP contribution is 2.04. The molecule has 0 saturated carbocycles. The molecule has 2 atom stereocenters. The van der Waals surface area contributed by atoms with E-state index >= 15 is 0 Å².